The number of hydrogen-bond acceptors (Lipinski definition) is 4. The number of anilines is 1. The van der Waals surface area contributed by atoms with Crippen LogP contribution in [0.15, 0.2) is 94.9 Å². The molecule has 0 aliphatic carbocycles. The minimum atomic E-state index is 0.638. The molecule has 1 N–H and O–H groups in total. The van der Waals surface area contributed by atoms with Crippen LogP contribution in [0, 0.1) is 0 Å². The minimum Gasteiger partial charge on any atom is -0.337 e. The molecular weight excluding hydrogens is 322 g/mol. The van der Waals surface area contributed by atoms with Gasteiger partial charge in [0.05, 0.1) is 16.7 Å². The highest BCUT2D eigenvalue weighted by Gasteiger charge is 2.26. The van der Waals surface area contributed by atoms with Crippen molar-refractivity contribution < 1.29 is 0 Å². The minimum absolute atomic E-state index is 0.638. The fourth-order valence-electron chi connectivity index (χ4n) is 3.02. The van der Waals surface area contributed by atoms with E-state index in [9.17, 15) is 0 Å². The molecule has 0 saturated carbocycles. The molecule has 0 radical (unpaired) electrons. The first kappa shape index (κ1) is 14.6. The highest BCUT2D eigenvalue weighted by atomic mass is 15.3. The van der Waals surface area contributed by atoms with Crippen LogP contribution in [0.5, 0.6) is 0 Å². The molecule has 0 fully saturated rings. The zero-order chi connectivity index (χ0) is 17.3. The quantitative estimate of drug-likeness (QED) is 0.573. The fourth-order valence-corrected chi connectivity index (χ4v) is 3.02. The van der Waals surface area contributed by atoms with Crippen molar-refractivity contribution in [3.63, 3.8) is 0 Å². The van der Waals surface area contributed by atoms with Gasteiger partial charge in [0.25, 0.3) is 0 Å². The second-order valence-electron chi connectivity index (χ2n) is 5.96. The number of para-hydroxylation sites is 4. The van der Waals surface area contributed by atoms with Crippen molar-refractivity contribution in [2.45, 2.75) is 0 Å². The molecule has 26 heavy (non-hydrogen) atoms. The van der Waals surface area contributed by atoms with Gasteiger partial charge in [-0.2, -0.15) is 4.99 Å². The molecule has 3 aromatic carbocycles. The number of amidine groups is 1. The number of fused-ring (bicyclic) bond motifs is 3. The van der Waals surface area contributed by atoms with E-state index in [1.807, 2.05) is 89.5 Å². The number of benzene rings is 3. The third-order valence-electron chi connectivity index (χ3n) is 4.21. The summed E-state index contributed by atoms with van der Waals surface area (Å²) >= 11 is 0. The van der Waals surface area contributed by atoms with Crippen molar-refractivity contribution in [2.75, 3.05) is 5.32 Å². The average Bonchev–Trinajstić information content (AvgIpc) is 3.20. The molecule has 2 heterocycles. The van der Waals surface area contributed by atoms with E-state index < -0.39 is 0 Å². The summed E-state index contributed by atoms with van der Waals surface area (Å²) < 4.78 is 1.99. The lowest BCUT2D eigenvalue weighted by Gasteiger charge is -2.09. The molecule has 0 saturated heterocycles. The molecule has 0 amide bonds. The maximum Gasteiger partial charge on any atom is 0.238 e. The van der Waals surface area contributed by atoms with Gasteiger partial charge < -0.3 is 5.32 Å². The van der Waals surface area contributed by atoms with Crippen LogP contribution in [0.25, 0.3) is 11.0 Å². The Kier molecular flexibility index (Phi) is 3.35. The van der Waals surface area contributed by atoms with Gasteiger partial charge >= 0.3 is 0 Å². The molecule has 4 aromatic rings. The van der Waals surface area contributed by atoms with Crippen molar-refractivity contribution in [1.82, 2.24) is 9.55 Å². The van der Waals surface area contributed by atoms with E-state index in [0.29, 0.717) is 11.8 Å². The molecule has 5 nitrogen and oxygen atoms in total. The summed E-state index contributed by atoms with van der Waals surface area (Å²) in [4.78, 5) is 14.2. The second-order valence-corrected chi connectivity index (χ2v) is 5.96. The van der Waals surface area contributed by atoms with Crippen LogP contribution in [-0.4, -0.2) is 21.2 Å². The summed E-state index contributed by atoms with van der Waals surface area (Å²) in [6.07, 6.45) is 0. The molecule has 124 valence electrons. The van der Waals surface area contributed by atoms with Crippen LogP contribution in [0.3, 0.4) is 0 Å². The van der Waals surface area contributed by atoms with E-state index in [-0.39, 0.29) is 0 Å². The number of aromatic nitrogens is 2. The molecule has 1 aromatic heterocycles. The predicted octanol–water partition coefficient (Wildman–Crippen LogP) is 4.77. The summed E-state index contributed by atoms with van der Waals surface area (Å²) in [5, 5.41) is 3.37. The van der Waals surface area contributed by atoms with Crippen molar-refractivity contribution in [3.05, 3.63) is 84.9 Å². The highest BCUT2D eigenvalue weighted by molar-refractivity contribution is 6.49. The Balaban J connectivity index is 1.67. The monoisotopic (exact) mass is 337 g/mol. The Bertz CT molecular complexity index is 1140. The van der Waals surface area contributed by atoms with Crippen molar-refractivity contribution in [2.24, 2.45) is 9.98 Å². The third kappa shape index (κ3) is 2.46. The van der Waals surface area contributed by atoms with Gasteiger partial charge in [0.15, 0.2) is 11.7 Å². The van der Waals surface area contributed by atoms with Gasteiger partial charge in [-0.25, -0.2) is 9.98 Å². The maximum atomic E-state index is 4.85. The van der Waals surface area contributed by atoms with Crippen LogP contribution in [0.2, 0.25) is 0 Å². The van der Waals surface area contributed by atoms with Gasteiger partial charge in [0.1, 0.15) is 0 Å². The predicted molar refractivity (Wildman–Crippen MR) is 106 cm³/mol. The van der Waals surface area contributed by atoms with Crippen LogP contribution >= 0.6 is 0 Å². The van der Waals surface area contributed by atoms with Crippen molar-refractivity contribution in [1.29, 1.82) is 0 Å². The summed E-state index contributed by atoms with van der Waals surface area (Å²) in [6.45, 7) is 0. The highest BCUT2D eigenvalue weighted by Crippen LogP contribution is 2.28. The molecular formula is C21H15N5. The number of imidazole rings is 1. The third-order valence-corrected chi connectivity index (χ3v) is 4.21. The Morgan fingerprint density at radius 3 is 2.27 bits per heavy atom. The lowest BCUT2D eigenvalue weighted by atomic mass is 10.3. The Labute approximate surface area is 150 Å². The number of aliphatic imine (C=N–C) groups is 2. The first-order valence-electron chi connectivity index (χ1n) is 8.41. The number of nitrogens with zero attached hydrogens (tertiary/aromatic N) is 4. The van der Waals surface area contributed by atoms with E-state index in [1.54, 1.807) is 0 Å². The van der Waals surface area contributed by atoms with Crippen LogP contribution in [-0.2, 0) is 0 Å². The van der Waals surface area contributed by atoms with E-state index in [1.165, 1.54) is 0 Å². The first-order valence-corrected chi connectivity index (χ1v) is 8.41. The standard InChI is InChI=1S/C21H15N5/c1-3-9-15(10-4-1)22-19-20(23-16-11-5-2-6-12-16)26-18-14-8-7-13-17(18)24-21(26)25-19/h1-14H,(H,22,24,25). The summed E-state index contributed by atoms with van der Waals surface area (Å²) in [5.74, 6) is 2.07. The zero-order valence-corrected chi connectivity index (χ0v) is 13.9. The molecule has 0 unspecified atom stereocenters. The van der Waals surface area contributed by atoms with Crippen molar-refractivity contribution in [3.8, 4) is 0 Å². The molecule has 0 atom stereocenters. The molecule has 5 rings (SSSR count). The number of nitrogens with one attached hydrogen (secondary N) is 1. The SMILES string of the molecule is c1ccc(N=C2C(Nc3ccccc3)=Nc3nc4ccccc4n32)cc1. The molecule has 1 aliphatic rings. The van der Waals surface area contributed by atoms with Gasteiger partial charge in [-0.15, -0.1) is 0 Å². The average molecular weight is 337 g/mol. The van der Waals surface area contributed by atoms with Crippen LogP contribution < -0.4 is 5.32 Å². The van der Waals surface area contributed by atoms with E-state index in [0.717, 1.165) is 28.2 Å². The maximum absolute atomic E-state index is 4.85. The summed E-state index contributed by atoms with van der Waals surface area (Å²) in [6, 6.07) is 27.8. The topological polar surface area (TPSA) is 54.6 Å². The molecule has 0 spiro atoms. The number of hydrogen-bond donors (Lipinski definition) is 1. The lowest BCUT2D eigenvalue weighted by molar-refractivity contribution is 1.18. The smallest absolute Gasteiger partial charge is 0.238 e. The van der Waals surface area contributed by atoms with Crippen LogP contribution in [0.1, 0.15) is 0 Å². The van der Waals surface area contributed by atoms with Crippen LogP contribution in [0.4, 0.5) is 17.3 Å². The normalized spacial score (nSPS) is 14.5. The van der Waals surface area contributed by atoms with Crippen molar-refractivity contribution >= 4 is 40.0 Å². The van der Waals surface area contributed by atoms with E-state index in [2.05, 4.69) is 15.3 Å². The molecule has 1 aliphatic heterocycles. The van der Waals surface area contributed by atoms with Gasteiger partial charge in [-0.1, -0.05) is 48.5 Å². The zero-order valence-electron chi connectivity index (χ0n) is 13.9. The fraction of sp³-hybridized carbons (Fsp3) is 0. The molecule has 5 heteroatoms. The van der Waals surface area contributed by atoms with Gasteiger partial charge in [0, 0.05) is 5.69 Å². The largest absolute Gasteiger partial charge is 0.337 e. The summed E-state index contributed by atoms with van der Waals surface area (Å²) in [5.41, 5.74) is 3.73. The van der Waals surface area contributed by atoms with E-state index >= 15 is 0 Å². The summed E-state index contributed by atoms with van der Waals surface area (Å²) in [7, 11) is 0. The van der Waals surface area contributed by atoms with Gasteiger partial charge in [-0.05, 0) is 36.4 Å². The molecule has 0 bridgehead atoms. The second kappa shape index (κ2) is 5.97. The van der Waals surface area contributed by atoms with Gasteiger partial charge in [-0.3, -0.25) is 4.57 Å². The van der Waals surface area contributed by atoms with Gasteiger partial charge in [0.2, 0.25) is 5.95 Å². The lowest BCUT2D eigenvalue weighted by Crippen LogP contribution is -2.24. The Morgan fingerprint density at radius 1 is 0.769 bits per heavy atom. The van der Waals surface area contributed by atoms with E-state index in [4.69, 9.17) is 4.99 Å². The number of rotatable bonds is 2. The Hall–Kier alpha value is -3.73. The first-order chi connectivity index (χ1) is 12.9. The Morgan fingerprint density at radius 2 is 1.46 bits per heavy atom.